The van der Waals surface area contributed by atoms with Gasteiger partial charge in [-0.15, -0.1) is 0 Å². The number of imidazole rings is 1. The minimum Gasteiger partial charge on any atom is -0.396 e. The molecular formula is C16H24N4O2. The van der Waals surface area contributed by atoms with E-state index in [1.807, 2.05) is 45.0 Å². The summed E-state index contributed by atoms with van der Waals surface area (Å²) in [5.41, 5.74) is 2.04. The number of nitrogens with one attached hydrogen (secondary N) is 2. The van der Waals surface area contributed by atoms with Crippen LogP contribution in [-0.4, -0.2) is 39.9 Å². The van der Waals surface area contributed by atoms with Crippen LogP contribution in [0.1, 0.15) is 19.7 Å². The van der Waals surface area contributed by atoms with Gasteiger partial charge in [-0.2, -0.15) is 0 Å². The number of fused-ring (bicyclic) bond motifs is 1. The minimum atomic E-state index is -0.213. The number of rotatable bonds is 6. The number of carbonyl (C=O) groups excluding carboxylic acids is 1. The fourth-order valence-corrected chi connectivity index (χ4v) is 2.32. The van der Waals surface area contributed by atoms with E-state index < -0.39 is 0 Å². The molecule has 1 aromatic carbocycles. The molecule has 22 heavy (non-hydrogen) atoms. The number of benzene rings is 1. The van der Waals surface area contributed by atoms with Crippen LogP contribution in [0.15, 0.2) is 24.3 Å². The lowest BCUT2D eigenvalue weighted by Gasteiger charge is -2.19. The number of aliphatic hydroxyl groups is 1. The molecule has 0 spiro atoms. The summed E-state index contributed by atoms with van der Waals surface area (Å²) in [6.07, 6.45) is 0. The van der Waals surface area contributed by atoms with Crippen LogP contribution in [-0.2, 0) is 6.54 Å². The first-order valence-corrected chi connectivity index (χ1v) is 7.60. The highest BCUT2D eigenvalue weighted by molar-refractivity contribution is 5.76. The van der Waals surface area contributed by atoms with E-state index in [2.05, 4.69) is 20.2 Å². The molecule has 2 amide bonds. The lowest BCUT2D eigenvalue weighted by Crippen LogP contribution is -2.45. The smallest absolute Gasteiger partial charge is 0.315 e. The maximum Gasteiger partial charge on any atom is 0.315 e. The first kappa shape index (κ1) is 16.3. The van der Waals surface area contributed by atoms with Crippen LogP contribution in [0.3, 0.4) is 0 Å². The number of urea groups is 1. The molecule has 3 N–H and O–H groups in total. The van der Waals surface area contributed by atoms with Gasteiger partial charge >= 0.3 is 6.03 Å². The number of aromatic nitrogens is 2. The molecule has 0 radical (unpaired) electrons. The third kappa shape index (κ3) is 3.76. The maximum atomic E-state index is 11.8. The molecule has 0 aliphatic carbocycles. The van der Waals surface area contributed by atoms with Gasteiger partial charge in [0.25, 0.3) is 0 Å². The standard InChI is InChI=1S/C16H24N4O2/c1-11(10-21)12(2)18-16(22)17-8-9-20-13(3)19-14-6-4-5-7-15(14)20/h4-7,11-12,21H,8-10H2,1-3H3,(H2,17,18,22). The summed E-state index contributed by atoms with van der Waals surface area (Å²) in [5.74, 6) is 0.969. The van der Waals surface area contributed by atoms with Gasteiger partial charge in [0.1, 0.15) is 5.82 Å². The Balaban J connectivity index is 1.88. The Morgan fingerprint density at radius 2 is 2.09 bits per heavy atom. The van der Waals surface area contributed by atoms with Crippen molar-refractivity contribution in [3.8, 4) is 0 Å². The molecule has 0 bridgehead atoms. The van der Waals surface area contributed by atoms with Crippen molar-refractivity contribution < 1.29 is 9.90 Å². The molecule has 6 nitrogen and oxygen atoms in total. The van der Waals surface area contributed by atoms with Crippen molar-refractivity contribution in [3.63, 3.8) is 0 Å². The van der Waals surface area contributed by atoms with Crippen molar-refractivity contribution >= 4 is 17.1 Å². The molecule has 2 atom stereocenters. The summed E-state index contributed by atoms with van der Waals surface area (Å²) in [4.78, 5) is 16.3. The molecule has 0 aliphatic rings. The fraction of sp³-hybridized carbons (Fsp3) is 0.500. The van der Waals surface area contributed by atoms with Crippen molar-refractivity contribution in [2.24, 2.45) is 5.92 Å². The Hall–Kier alpha value is -2.08. The number of hydrogen-bond donors (Lipinski definition) is 3. The number of aryl methyl sites for hydroxylation is 1. The number of hydrogen-bond acceptors (Lipinski definition) is 3. The largest absolute Gasteiger partial charge is 0.396 e. The van der Waals surface area contributed by atoms with E-state index in [0.29, 0.717) is 13.1 Å². The van der Waals surface area contributed by atoms with Gasteiger partial charge in [0.05, 0.1) is 11.0 Å². The van der Waals surface area contributed by atoms with Gasteiger partial charge in [0, 0.05) is 25.7 Å². The maximum absolute atomic E-state index is 11.8. The first-order valence-electron chi connectivity index (χ1n) is 7.60. The van der Waals surface area contributed by atoms with Crippen molar-refractivity contribution in [2.75, 3.05) is 13.2 Å². The number of para-hydroxylation sites is 2. The van der Waals surface area contributed by atoms with E-state index in [4.69, 9.17) is 5.11 Å². The van der Waals surface area contributed by atoms with Gasteiger partial charge in [-0.05, 0) is 31.9 Å². The van der Waals surface area contributed by atoms with Crippen LogP contribution < -0.4 is 10.6 Å². The Labute approximate surface area is 130 Å². The lowest BCUT2D eigenvalue weighted by molar-refractivity contribution is 0.200. The number of nitrogens with zero attached hydrogens (tertiary/aromatic N) is 2. The zero-order valence-corrected chi connectivity index (χ0v) is 13.3. The molecule has 2 unspecified atom stereocenters. The predicted octanol–water partition coefficient (Wildman–Crippen LogP) is 1.66. The van der Waals surface area contributed by atoms with Gasteiger partial charge in [0.2, 0.25) is 0 Å². The highest BCUT2D eigenvalue weighted by atomic mass is 16.3. The van der Waals surface area contributed by atoms with E-state index in [0.717, 1.165) is 16.9 Å². The van der Waals surface area contributed by atoms with Crippen molar-refractivity contribution in [1.29, 1.82) is 0 Å². The van der Waals surface area contributed by atoms with Crippen LogP contribution in [0.4, 0.5) is 4.79 Å². The SMILES string of the molecule is Cc1nc2ccccc2n1CCNC(=O)NC(C)C(C)CO. The quantitative estimate of drug-likeness (QED) is 0.759. The second-order valence-corrected chi connectivity index (χ2v) is 5.65. The molecule has 2 rings (SSSR count). The molecule has 2 aromatic rings. The first-order chi connectivity index (χ1) is 10.5. The van der Waals surface area contributed by atoms with E-state index in [1.54, 1.807) is 0 Å². The summed E-state index contributed by atoms with van der Waals surface area (Å²) in [7, 11) is 0. The van der Waals surface area contributed by atoms with Crippen molar-refractivity contribution in [2.45, 2.75) is 33.4 Å². The molecule has 120 valence electrons. The van der Waals surface area contributed by atoms with Crippen molar-refractivity contribution in [3.05, 3.63) is 30.1 Å². The molecule has 0 fully saturated rings. The summed E-state index contributed by atoms with van der Waals surface area (Å²) in [5, 5.41) is 14.7. The van der Waals surface area contributed by atoms with E-state index in [-0.39, 0.29) is 24.6 Å². The van der Waals surface area contributed by atoms with E-state index in [1.165, 1.54) is 0 Å². The Morgan fingerprint density at radius 3 is 2.82 bits per heavy atom. The Bertz CT molecular complexity index is 638. The Morgan fingerprint density at radius 1 is 1.36 bits per heavy atom. The van der Waals surface area contributed by atoms with E-state index >= 15 is 0 Å². The van der Waals surface area contributed by atoms with Gasteiger partial charge in [-0.25, -0.2) is 9.78 Å². The van der Waals surface area contributed by atoms with E-state index in [9.17, 15) is 4.79 Å². The summed E-state index contributed by atoms with van der Waals surface area (Å²) in [6.45, 7) is 6.99. The predicted molar refractivity (Wildman–Crippen MR) is 86.7 cm³/mol. The fourth-order valence-electron chi connectivity index (χ4n) is 2.32. The molecule has 1 aromatic heterocycles. The average Bonchev–Trinajstić information content (AvgIpc) is 2.82. The summed E-state index contributed by atoms with van der Waals surface area (Å²) in [6, 6.07) is 7.68. The van der Waals surface area contributed by atoms with Gasteiger partial charge in [-0.1, -0.05) is 19.1 Å². The molecule has 0 saturated carbocycles. The second kappa shape index (κ2) is 7.26. The topological polar surface area (TPSA) is 79.2 Å². The van der Waals surface area contributed by atoms with Crippen LogP contribution in [0.2, 0.25) is 0 Å². The molecule has 1 heterocycles. The van der Waals surface area contributed by atoms with Gasteiger partial charge in [0.15, 0.2) is 0 Å². The minimum absolute atomic E-state index is 0.0330. The van der Waals surface area contributed by atoms with Gasteiger partial charge < -0.3 is 20.3 Å². The lowest BCUT2D eigenvalue weighted by atomic mass is 10.1. The highest BCUT2D eigenvalue weighted by Crippen LogP contribution is 2.14. The summed E-state index contributed by atoms with van der Waals surface area (Å²) < 4.78 is 2.09. The highest BCUT2D eigenvalue weighted by Gasteiger charge is 2.13. The average molecular weight is 304 g/mol. The second-order valence-electron chi connectivity index (χ2n) is 5.65. The van der Waals surface area contributed by atoms with Crippen molar-refractivity contribution in [1.82, 2.24) is 20.2 Å². The number of carbonyl (C=O) groups is 1. The monoisotopic (exact) mass is 304 g/mol. The number of amides is 2. The molecule has 0 saturated heterocycles. The molecular weight excluding hydrogens is 280 g/mol. The van der Waals surface area contributed by atoms with Crippen LogP contribution in [0.5, 0.6) is 0 Å². The molecule has 6 heteroatoms. The normalized spacial score (nSPS) is 13.8. The van der Waals surface area contributed by atoms with Crippen LogP contribution in [0, 0.1) is 12.8 Å². The molecule has 0 aliphatic heterocycles. The van der Waals surface area contributed by atoms with Crippen LogP contribution >= 0.6 is 0 Å². The van der Waals surface area contributed by atoms with Crippen LogP contribution in [0.25, 0.3) is 11.0 Å². The summed E-state index contributed by atoms with van der Waals surface area (Å²) >= 11 is 0. The number of aliphatic hydroxyl groups excluding tert-OH is 1. The zero-order chi connectivity index (χ0) is 16.1. The third-order valence-electron chi connectivity index (χ3n) is 3.97. The Kier molecular flexibility index (Phi) is 5.38. The van der Waals surface area contributed by atoms with Gasteiger partial charge in [-0.3, -0.25) is 0 Å². The third-order valence-corrected chi connectivity index (χ3v) is 3.97. The zero-order valence-electron chi connectivity index (χ0n) is 13.3.